The van der Waals surface area contributed by atoms with E-state index < -0.39 is 5.60 Å². The molecule has 1 saturated heterocycles. The molecule has 1 aliphatic heterocycles. The maximum atomic E-state index is 12.7. The monoisotopic (exact) mass is 365 g/mol. The predicted octanol–water partition coefficient (Wildman–Crippen LogP) is 2.46. The highest BCUT2D eigenvalue weighted by Gasteiger charge is 2.89. The zero-order valence-corrected chi connectivity index (χ0v) is 15.9. The number of nitrogens with zero attached hydrogens (tertiary/aromatic N) is 1. The summed E-state index contributed by atoms with van der Waals surface area (Å²) in [5.74, 6) is 2.49. The van der Waals surface area contributed by atoms with Gasteiger partial charge in [-0.1, -0.05) is 6.07 Å². The number of aliphatic hydroxyl groups is 1. The molecule has 27 heavy (non-hydrogen) atoms. The Bertz CT molecular complexity index is 894. The standard InChI is InChI=1S/C23H27NO3/c1-27-16-5-4-14-10-21-18-9-19(21)24(12-13-2-3-13)20(21)23(26)7-6-15(25)11-22(18,23)17(14)8-16/h4-5,8,13,18-20,26H,2-3,6-7,9-12H2,1H3/t18?,19?,20-,21?,22-,23-/m1/s1. The third-order valence-corrected chi connectivity index (χ3v) is 9.51. The van der Waals surface area contributed by atoms with Crippen LogP contribution in [0.3, 0.4) is 0 Å². The van der Waals surface area contributed by atoms with Gasteiger partial charge in [-0.2, -0.15) is 0 Å². The molecule has 7 rings (SSSR count). The van der Waals surface area contributed by atoms with Gasteiger partial charge in [0.05, 0.1) is 12.7 Å². The lowest BCUT2D eigenvalue weighted by atomic mass is 9.41. The van der Waals surface area contributed by atoms with E-state index in [2.05, 4.69) is 23.1 Å². The minimum Gasteiger partial charge on any atom is -0.497 e. The average Bonchev–Trinajstić information content (AvgIpc) is 3.46. The number of hydrogen-bond acceptors (Lipinski definition) is 4. The van der Waals surface area contributed by atoms with Crippen molar-refractivity contribution < 1.29 is 14.6 Å². The number of likely N-dealkylation sites (tertiary alicyclic amines) is 1. The lowest BCUT2D eigenvalue weighted by Gasteiger charge is -2.73. The van der Waals surface area contributed by atoms with Crippen molar-refractivity contribution in [2.24, 2.45) is 17.3 Å². The Hall–Kier alpha value is -1.39. The highest BCUT2D eigenvalue weighted by Crippen LogP contribution is 2.82. The second-order valence-corrected chi connectivity index (χ2v) is 10.3. The van der Waals surface area contributed by atoms with E-state index in [0.717, 1.165) is 31.1 Å². The summed E-state index contributed by atoms with van der Waals surface area (Å²) >= 11 is 0. The molecule has 0 aromatic heterocycles. The molecule has 4 nitrogen and oxygen atoms in total. The molecule has 142 valence electrons. The van der Waals surface area contributed by atoms with Crippen LogP contribution in [-0.4, -0.2) is 47.1 Å². The van der Waals surface area contributed by atoms with Gasteiger partial charge < -0.3 is 9.84 Å². The summed E-state index contributed by atoms with van der Waals surface area (Å²) in [6.45, 7) is 1.16. The third-order valence-electron chi connectivity index (χ3n) is 9.51. The molecule has 3 unspecified atom stereocenters. The molecule has 5 aliphatic carbocycles. The van der Waals surface area contributed by atoms with Gasteiger partial charge in [0.2, 0.25) is 0 Å². The maximum Gasteiger partial charge on any atom is 0.134 e. The zero-order chi connectivity index (χ0) is 18.2. The molecular weight excluding hydrogens is 338 g/mol. The first-order chi connectivity index (χ1) is 13.0. The zero-order valence-electron chi connectivity index (χ0n) is 15.9. The molecule has 2 spiro atoms. The molecule has 1 aromatic carbocycles. The van der Waals surface area contributed by atoms with E-state index >= 15 is 0 Å². The first kappa shape index (κ1) is 15.5. The number of ketones is 1. The molecule has 6 atom stereocenters. The van der Waals surface area contributed by atoms with Gasteiger partial charge in [0, 0.05) is 42.3 Å². The SMILES string of the molecule is COc1ccc2c(c1)[C@@]13CC(=O)CC[C@@]1(O)[C@@H]1N(CC4CC4)C4CC3C41C2. The Balaban J connectivity index is 1.46. The number of hydrogen-bond donors (Lipinski definition) is 1. The number of carbonyl (C=O) groups is 1. The van der Waals surface area contributed by atoms with Gasteiger partial charge >= 0.3 is 0 Å². The lowest BCUT2D eigenvalue weighted by molar-refractivity contribution is -0.243. The van der Waals surface area contributed by atoms with Crippen LogP contribution in [-0.2, 0) is 16.6 Å². The van der Waals surface area contributed by atoms with Crippen LogP contribution in [0.1, 0.15) is 49.7 Å². The van der Waals surface area contributed by atoms with Crippen LogP contribution in [0.4, 0.5) is 0 Å². The first-order valence-electron chi connectivity index (χ1n) is 10.7. The molecule has 4 heteroatoms. The number of methoxy groups -OCH3 is 1. The van der Waals surface area contributed by atoms with Crippen molar-refractivity contribution in [3.8, 4) is 5.75 Å². The van der Waals surface area contributed by atoms with E-state index in [9.17, 15) is 9.90 Å². The summed E-state index contributed by atoms with van der Waals surface area (Å²) in [5.41, 5.74) is 1.66. The molecule has 2 bridgehead atoms. The van der Waals surface area contributed by atoms with Gasteiger partial charge in [0.25, 0.3) is 0 Å². The van der Waals surface area contributed by atoms with E-state index in [1.807, 2.05) is 0 Å². The van der Waals surface area contributed by atoms with Crippen LogP contribution in [0.25, 0.3) is 0 Å². The quantitative estimate of drug-likeness (QED) is 0.894. The van der Waals surface area contributed by atoms with Gasteiger partial charge in [-0.05, 0) is 67.2 Å². The summed E-state index contributed by atoms with van der Waals surface area (Å²) in [6.07, 6.45) is 6.65. The molecule has 0 radical (unpaired) electrons. The molecule has 5 fully saturated rings. The van der Waals surface area contributed by atoms with Gasteiger partial charge in [0.1, 0.15) is 11.5 Å². The van der Waals surface area contributed by atoms with Crippen LogP contribution < -0.4 is 4.74 Å². The van der Waals surface area contributed by atoms with E-state index in [-0.39, 0.29) is 16.9 Å². The van der Waals surface area contributed by atoms with E-state index in [1.54, 1.807) is 7.11 Å². The topological polar surface area (TPSA) is 49.8 Å². The van der Waals surface area contributed by atoms with Crippen molar-refractivity contribution in [2.45, 2.75) is 68.0 Å². The molecule has 0 amide bonds. The van der Waals surface area contributed by atoms with Gasteiger partial charge in [-0.25, -0.2) is 0 Å². The average molecular weight is 365 g/mol. The highest BCUT2D eigenvalue weighted by atomic mass is 16.5. The van der Waals surface area contributed by atoms with E-state index in [1.165, 1.54) is 24.0 Å². The molecular formula is C23H27NO3. The van der Waals surface area contributed by atoms with Crippen LogP contribution in [0.2, 0.25) is 0 Å². The number of benzene rings is 1. The van der Waals surface area contributed by atoms with E-state index in [4.69, 9.17) is 4.74 Å². The molecule has 1 aromatic rings. The highest BCUT2D eigenvalue weighted by molar-refractivity contribution is 5.83. The smallest absolute Gasteiger partial charge is 0.134 e. The fraction of sp³-hybridized carbons (Fsp3) is 0.696. The van der Waals surface area contributed by atoms with Gasteiger partial charge in [-0.15, -0.1) is 0 Å². The second-order valence-electron chi connectivity index (χ2n) is 10.3. The summed E-state index contributed by atoms with van der Waals surface area (Å²) in [7, 11) is 1.71. The Kier molecular flexibility index (Phi) is 2.55. The first-order valence-corrected chi connectivity index (χ1v) is 10.7. The number of fused-ring (bicyclic) bond motifs is 2. The Morgan fingerprint density at radius 3 is 2.93 bits per heavy atom. The molecule has 1 N–H and O–H groups in total. The minimum atomic E-state index is -0.759. The summed E-state index contributed by atoms with van der Waals surface area (Å²) in [5, 5.41) is 12.4. The largest absolute Gasteiger partial charge is 0.497 e. The fourth-order valence-electron chi connectivity index (χ4n) is 8.51. The molecule has 4 saturated carbocycles. The van der Waals surface area contributed by atoms with Crippen molar-refractivity contribution >= 4 is 5.78 Å². The predicted molar refractivity (Wildman–Crippen MR) is 99.7 cm³/mol. The summed E-state index contributed by atoms with van der Waals surface area (Å²) < 4.78 is 5.54. The van der Waals surface area contributed by atoms with Gasteiger partial charge in [0.15, 0.2) is 0 Å². The number of piperidine rings is 1. The Labute approximate surface area is 159 Å². The number of ether oxygens (including phenoxy) is 1. The van der Waals surface area contributed by atoms with Gasteiger partial charge in [-0.3, -0.25) is 9.69 Å². The molecule has 1 heterocycles. The minimum absolute atomic E-state index is 0.218. The van der Waals surface area contributed by atoms with Crippen molar-refractivity contribution in [1.29, 1.82) is 0 Å². The number of carbonyl (C=O) groups excluding carboxylic acids is 1. The maximum absolute atomic E-state index is 12.7. The Morgan fingerprint density at radius 1 is 1.30 bits per heavy atom. The number of Topliss-reactive ketones (excluding diaryl/α,β-unsaturated/α-hetero) is 1. The van der Waals surface area contributed by atoms with Crippen molar-refractivity contribution in [3.05, 3.63) is 29.3 Å². The van der Waals surface area contributed by atoms with Crippen LogP contribution in [0, 0.1) is 17.3 Å². The lowest BCUT2D eigenvalue weighted by Crippen LogP contribution is -2.81. The van der Waals surface area contributed by atoms with Crippen molar-refractivity contribution in [2.75, 3.05) is 13.7 Å². The molecule has 6 aliphatic rings. The van der Waals surface area contributed by atoms with Crippen LogP contribution in [0.5, 0.6) is 5.75 Å². The van der Waals surface area contributed by atoms with Crippen LogP contribution >= 0.6 is 0 Å². The number of rotatable bonds is 3. The summed E-state index contributed by atoms with van der Waals surface area (Å²) in [6, 6.07) is 7.30. The fourth-order valence-corrected chi connectivity index (χ4v) is 8.51. The second kappa shape index (κ2) is 4.44. The van der Waals surface area contributed by atoms with Crippen molar-refractivity contribution in [1.82, 2.24) is 4.90 Å². The van der Waals surface area contributed by atoms with Crippen LogP contribution in [0.15, 0.2) is 18.2 Å². The third kappa shape index (κ3) is 1.44. The van der Waals surface area contributed by atoms with E-state index in [0.29, 0.717) is 37.0 Å². The normalized spacial score (nSPS) is 48.8. The Morgan fingerprint density at radius 2 is 2.15 bits per heavy atom. The summed E-state index contributed by atoms with van der Waals surface area (Å²) in [4.78, 5) is 15.4. The van der Waals surface area contributed by atoms with Crippen molar-refractivity contribution in [3.63, 3.8) is 0 Å².